The van der Waals surface area contributed by atoms with Crippen LogP contribution in [0.3, 0.4) is 0 Å². The van der Waals surface area contributed by atoms with E-state index in [1.165, 1.54) is 0 Å². The van der Waals surface area contributed by atoms with Crippen LogP contribution in [0.5, 0.6) is 0 Å². The summed E-state index contributed by atoms with van der Waals surface area (Å²) in [6, 6.07) is 7.89. The van der Waals surface area contributed by atoms with Crippen LogP contribution in [-0.4, -0.2) is 20.3 Å². The van der Waals surface area contributed by atoms with Crippen LogP contribution >= 0.6 is 0 Å². The summed E-state index contributed by atoms with van der Waals surface area (Å²) in [5, 5.41) is 7.98. The van der Waals surface area contributed by atoms with Crippen molar-refractivity contribution < 1.29 is 4.79 Å². The van der Waals surface area contributed by atoms with Crippen molar-refractivity contribution in [2.24, 2.45) is 14.1 Å². The number of aryl methyl sites for hydroxylation is 2. The Bertz CT molecular complexity index is 769. The van der Waals surface area contributed by atoms with E-state index < -0.39 is 0 Å². The molecule has 0 aliphatic rings. The Morgan fingerprint density at radius 2 is 2.05 bits per heavy atom. The van der Waals surface area contributed by atoms with E-state index in [2.05, 4.69) is 10.4 Å². The molecule has 1 aromatic carbocycles. The molecule has 0 aliphatic heterocycles. The molecular weight excluding hydrogens is 252 g/mol. The minimum Gasteiger partial charge on any atom is -0.350 e. The zero-order valence-electron chi connectivity index (χ0n) is 11.5. The number of rotatable bonds is 3. The lowest BCUT2D eigenvalue weighted by atomic mass is 10.1. The van der Waals surface area contributed by atoms with Crippen molar-refractivity contribution in [3.63, 3.8) is 0 Å². The van der Waals surface area contributed by atoms with E-state index in [9.17, 15) is 4.79 Å². The Morgan fingerprint density at radius 1 is 1.25 bits per heavy atom. The van der Waals surface area contributed by atoms with Gasteiger partial charge in [0.2, 0.25) is 0 Å². The molecule has 0 atom stereocenters. The molecule has 0 fully saturated rings. The highest BCUT2D eigenvalue weighted by Gasteiger charge is 2.13. The van der Waals surface area contributed by atoms with Gasteiger partial charge < -0.3 is 9.88 Å². The van der Waals surface area contributed by atoms with Crippen LogP contribution < -0.4 is 5.32 Å². The summed E-state index contributed by atoms with van der Waals surface area (Å²) in [7, 11) is 3.80. The van der Waals surface area contributed by atoms with Gasteiger partial charge in [0.25, 0.3) is 5.91 Å². The molecule has 3 aromatic rings. The maximum absolute atomic E-state index is 12.3. The average Bonchev–Trinajstić information content (AvgIpc) is 3.01. The Balaban J connectivity index is 1.82. The van der Waals surface area contributed by atoms with E-state index >= 15 is 0 Å². The number of nitrogens with zero attached hydrogens (tertiary/aromatic N) is 3. The highest BCUT2D eigenvalue weighted by Crippen LogP contribution is 2.20. The molecule has 2 aromatic heterocycles. The number of hydrogen-bond donors (Lipinski definition) is 1. The lowest BCUT2D eigenvalue weighted by molar-refractivity contribution is 0.0952. The number of nitrogens with one attached hydrogen (secondary N) is 1. The number of carbonyl (C=O) groups is 1. The van der Waals surface area contributed by atoms with Gasteiger partial charge in [-0.15, -0.1) is 0 Å². The molecule has 3 rings (SSSR count). The third kappa shape index (κ3) is 2.18. The third-order valence-electron chi connectivity index (χ3n) is 3.35. The molecule has 0 radical (unpaired) electrons. The van der Waals surface area contributed by atoms with Gasteiger partial charge in [-0.25, -0.2) is 0 Å². The second-order valence-corrected chi connectivity index (χ2v) is 4.88. The first kappa shape index (κ1) is 12.5. The zero-order valence-corrected chi connectivity index (χ0v) is 11.5. The van der Waals surface area contributed by atoms with E-state index in [0.29, 0.717) is 12.1 Å². The molecule has 102 valence electrons. The molecule has 5 heteroatoms. The maximum Gasteiger partial charge on any atom is 0.253 e. The van der Waals surface area contributed by atoms with Gasteiger partial charge in [-0.1, -0.05) is 18.2 Å². The fraction of sp³-hybridized carbons (Fsp3) is 0.200. The van der Waals surface area contributed by atoms with E-state index in [-0.39, 0.29) is 5.91 Å². The first-order valence-corrected chi connectivity index (χ1v) is 6.45. The molecule has 2 heterocycles. The first-order chi connectivity index (χ1) is 9.65. The summed E-state index contributed by atoms with van der Waals surface area (Å²) < 4.78 is 3.69. The molecule has 5 nitrogen and oxygen atoms in total. The number of amides is 1. The van der Waals surface area contributed by atoms with Crippen LogP contribution in [-0.2, 0) is 20.6 Å². The topological polar surface area (TPSA) is 51.9 Å². The largest absolute Gasteiger partial charge is 0.350 e. The van der Waals surface area contributed by atoms with E-state index in [0.717, 1.165) is 16.5 Å². The van der Waals surface area contributed by atoms with Gasteiger partial charge in [0.15, 0.2) is 0 Å². The first-order valence-electron chi connectivity index (χ1n) is 6.45. The number of hydrogen-bond acceptors (Lipinski definition) is 2. The lowest BCUT2D eigenvalue weighted by Crippen LogP contribution is -2.22. The summed E-state index contributed by atoms with van der Waals surface area (Å²) in [5.74, 6) is -0.0642. The van der Waals surface area contributed by atoms with Gasteiger partial charge in [-0.2, -0.15) is 5.10 Å². The minimum absolute atomic E-state index is 0.0642. The van der Waals surface area contributed by atoms with Crippen molar-refractivity contribution in [1.29, 1.82) is 0 Å². The van der Waals surface area contributed by atoms with Crippen LogP contribution in [0.2, 0.25) is 0 Å². The molecule has 0 aliphatic carbocycles. The van der Waals surface area contributed by atoms with Gasteiger partial charge in [-0.05, 0) is 6.07 Å². The minimum atomic E-state index is -0.0642. The molecule has 0 spiro atoms. The van der Waals surface area contributed by atoms with Gasteiger partial charge in [0.1, 0.15) is 0 Å². The van der Waals surface area contributed by atoms with Crippen molar-refractivity contribution in [3.8, 4) is 0 Å². The van der Waals surface area contributed by atoms with Crippen LogP contribution in [0.15, 0.2) is 42.9 Å². The Labute approximate surface area is 116 Å². The monoisotopic (exact) mass is 268 g/mol. The molecule has 0 bridgehead atoms. The van der Waals surface area contributed by atoms with Crippen LogP contribution in [0.4, 0.5) is 0 Å². The fourth-order valence-electron chi connectivity index (χ4n) is 2.36. The highest BCUT2D eigenvalue weighted by atomic mass is 16.1. The SMILES string of the molecule is Cn1cc(CNC(=O)c2cn(C)c3ccccc23)cn1. The predicted octanol–water partition coefficient (Wildman–Crippen LogP) is 1.84. The van der Waals surface area contributed by atoms with Crippen LogP contribution in [0, 0.1) is 0 Å². The average molecular weight is 268 g/mol. The van der Waals surface area contributed by atoms with Gasteiger partial charge in [0.05, 0.1) is 11.8 Å². The lowest BCUT2D eigenvalue weighted by Gasteiger charge is -2.02. The van der Waals surface area contributed by atoms with E-state index in [1.807, 2.05) is 55.3 Å². The standard InChI is InChI=1S/C15H16N4O/c1-18-10-13(12-5-3-4-6-14(12)18)15(20)16-7-11-8-17-19(2)9-11/h3-6,8-10H,7H2,1-2H3,(H,16,20). The molecule has 20 heavy (non-hydrogen) atoms. The second-order valence-electron chi connectivity index (χ2n) is 4.88. The smallest absolute Gasteiger partial charge is 0.253 e. The zero-order chi connectivity index (χ0) is 14.1. The quantitative estimate of drug-likeness (QED) is 0.788. The van der Waals surface area contributed by atoms with Crippen molar-refractivity contribution >= 4 is 16.8 Å². The Kier molecular flexibility index (Phi) is 3.02. The molecule has 0 unspecified atom stereocenters. The van der Waals surface area contributed by atoms with Gasteiger partial charge in [0, 0.05) is 49.5 Å². The maximum atomic E-state index is 12.3. The number of carbonyl (C=O) groups excluding carboxylic acids is 1. The Morgan fingerprint density at radius 3 is 2.80 bits per heavy atom. The van der Waals surface area contributed by atoms with E-state index in [1.54, 1.807) is 10.9 Å². The third-order valence-corrected chi connectivity index (χ3v) is 3.35. The van der Waals surface area contributed by atoms with Crippen molar-refractivity contribution in [1.82, 2.24) is 19.7 Å². The number of para-hydroxylation sites is 1. The number of fused-ring (bicyclic) bond motifs is 1. The van der Waals surface area contributed by atoms with Crippen LogP contribution in [0.25, 0.3) is 10.9 Å². The summed E-state index contributed by atoms with van der Waals surface area (Å²) in [4.78, 5) is 12.3. The molecule has 0 saturated carbocycles. The molecular formula is C15H16N4O. The summed E-state index contributed by atoms with van der Waals surface area (Å²) in [5.41, 5.74) is 2.74. The molecule has 0 saturated heterocycles. The van der Waals surface area contributed by atoms with Crippen molar-refractivity contribution in [2.75, 3.05) is 0 Å². The number of benzene rings is 1. The normalized spacial score (nSPS) is 10.9. The summed E-state index contributed by atoms with van der Waals surface area (Å²) in [6.07, 6.45) is 5.51. The Hall–Kier alpha value is -2.56. The fourth-order valence-corrected chi connectivity index (χ4v) is 2.36. The van der Waals surface area contributed by atoms with E-state index in [4.69, 9.17) is 0 Å². The summed E-state index contributed by atoms with van der Waals surface area (Å²) >= 11 is 0. The van der Waals surface area contributed by atoms with Crippen molar-refractivity contribution in [2.45, 2.75) is 6.54 Å². The molecule has 1 N–H and O–H groups in total. The highest BCUT2D eigenvalue weighted by molar-refractivity contribution is 6.06. The second kappa shape index (κ2) is 4.85. The summed E-state index contributed by atoms with van der Waals surface area (Å²) in [6.45, 7) is 0.482. The van der Waals surface area contributed by atoms with Gasteiger partial charge >= 0.3 is 0 Å². The molecule has 1 amide bonds. The number of aromatic nitrogens is 3. The van der Waals surface area contributed by atoms with Crippen LogP contribution in [0.1, 0.15) is 15.9 Å². The predicted molar refractivity (Wildman–Crippen MR) is 77.3 cm³/mol. The van der Waals surface area contributed by atoms with Gasteiger partial charge in [-0.3, -0.25) is 9.48 Å². The van der Waals surface area contributed by atoms with Crippen molar-refractivity contribution in [3.05, 3.63) is 54.0 Å².